The van der Waals surface area contributed by atoms with Gasteiger partial charge >= 0.3 is 0 Å². The van der Waals surface area contributed by atoms with Crippen molar-refractivity contribution >= 4 is 5.91 Å². The van der Waals surface area contributed by atoms with Gasteiger partial charge in [0.1, 0.15) is 0 Å². The lowest BCUT2D eigenvalue weighted by Gasteiger charge is -2.33. The standard InChI is InChI=1S/C17H25NO3/c1-3-17(4-2,14-8-6-5-7-9-14)13-18-16(19)15-12-20-10-11-21-15/h5-9,15H,3-4,10-13H2,1-2H3,(H,18,19)/t15-/m1/s1. The van der Waals surface area contributed by atoms with Crippen molar-refractivity contribution < 1.29 is 14.3 Å². The second-order valence-corrected chi connectivity index (χ2v) is 5.51. The van der Waals surface area contributed by atoms with Crippen molar-refractivity contribution in [1.82, 2.24) is 5.32 Å². The first-order chi connectivity index (χ1) is 10.2. The summed E-state index contributed by atoms with van der Waals surface area (Å²) in [4.78, 5) is 12.2. The zero-order valence-electron chi connectivity index (χ0n) is 12.9. The Balaban J connectivity index is 2.01. The van der Waals surface area contributed by atoms with E-state index in [1.807, 2.05) is 6.07 Å². The molecule has 4 heteroatoms. The Morgan fingerprint density at radius 3 is 2.52 bits per heavy atom. The van der Waals surface area contributed by atoms with Crippen LogP contribution < -0.4 is 5.32 Å². The molecule has 0 unspecified atom stereocenters. The van der Waals surface area contributed by atoms with Crippen LogP contribution in [-0.2, 0) is 19.7 Å². The van der Waals surface area contributed by atoms with Crippen LogP contribution in [0, 0.1) is 0 Å². The normalized spacial score (nSPS) is 19.2. The summed E-state index contributed by atoms with van der Waals surface area (Å²) in [6.45, 7) is 6.38. The predicted molar refractivity (Wildman–Crippen MR) is 82.3 cm³/mol. The molecule has 0 aromatic heterocycles. The highest BCUT2D eigenvalue weighted by molar-refractivity contribution is 5.81. The maximum Gasteiger partial charge on any atom is 0.251 e. The van der Waals surface area contributed by atoms with Gasteiger partial charge in [0.15, 0.2) is 6.10 Å². The molecule has 0 saturated carbocycles. The lowest BCUT2D eigenvalue weighted by Crippen LogP contribution is -2.47. The van der Waals surface area contributed by atoms with E-state index in [1.165, 1.54) is 5.56 Å². The highest BCUT2D eigenvalue weighted by Gasteiger charge is 2.30. The molecule has 4 nitrogen and oxygen atoms in total. The summed E-state index contributed by atoms with van der Waals surface area (Å²) in [5.74, 6) is -0.0723. The Hall–Kier alpha value is -1.39. The number of rotatable bonds is 6. The van der Waals surface area contributed by atoms with E-state index >= 15 is 0 Å². The van der Waals surface area contributed by atoms with Gasteiger partial charge in [-0.2, -0.15) is 0 Å². The van der Waals surface area contributed by atoms with Crippen LogP contribution in [0.15, 0.2) is 30.3 Å². The van der Waals surface area contributed by atoms with Gasteiger partial charge in [-0.05, 0) is 18.4 Å². The zero-order valence-corrected chi connectivity index (χ0v) is 12.9. The third-order valence-electron chi connectivity index (χ3n) is 4.45. The molecule has 1 saturated heterocycles. The summed E-state index contributed by atoms with van der Waals surface area (Å²) in [6.07, 6.45) is 1.49. The molecule has 0 bridgehead atoms. The molecule has 1 amide bonds. The summed E-state index contributed by atoms with van der Waals surface area (Å²) < 4.78 is 10.7. The molecule has 0 radical (unpaired) electrons. The van der Waals surface area contributed by atoms with Crippen LogP contribution in [0.25, 0.3) is 0 Å². The van der Waals surface area contributed by atoms with Gasteiger partial charge in [0.2, 0.25) is 0 Å². The molecule has 116 valence electrons. The highest BCUT2D eigenvalue weighted by Crippen LogP contribution is 2.30. The molecule has 2 rings (SSSR count). The Morgan fingerprint density at radius 1 is 1.24 bits per heavy atom. The Bertz CT molecular complexity index is 437. The molecule has 1 aliphatic rings. The quantitative estimate of drug-likeness (QED) is 0.874. The van der Waals surface area contributed by atoms with Gasteiger partial charge in [-0.1, -0.05) is 44.2 Å². The molecule has 1 aromatic carbocycles. The monoisotopic (exact) mass is 291 g/mol. The summed E-state index contributed by atoms with van der Waals surface area (Å²) in [6, 6.07) is 10.4. The van der Waals surface area contributed by atoms with E-state index in [2.05, 4.69) is 43.4 Å². The molecule has 1 atom stereocenters. The number of amides is 1. The fourth-order valence-electron chi connectivity index (χ4n) is 2.81. The van der Waals surface area contributed by atoms with Crippen molar-refractivity contribution in [2.75, 3.05) is 26.4 Å². The molecule has 0 spiro atoms. The van der Waals surface area contributed by atoms with Crippen LogP contribution in [0.5, 0.6) is 0 Å². The first-order valence-electron chi connectivity index (χ1n) is 7.74. The van der Waals surface area contributed by atoms with Gasteiger partial charge in [0, 0.05) is 12.0 Å². The summed E-state index contributed by atoms with van der Waals surface area (Å²) in [5, 5.41) is 3.05. The SMILES string of the molecule is CCC(CC)(CNC(=O)[C@H]1COCCO1)c1ccccc1. The fourth-order valence-corrected chi connectivity index (χ4v) is 2.81. The molecule has 1 fully saturated rings. The maximum absolute atomic E-state index is 12.2. The van der Waals surface area contributed by atoms with Crippen molar-refractivity contribution in [1.29, 1.82) is 0 Å². The van der Waals surface area contributed by atoms with Crippen LogP contribution in [0.2, 0.25) is 0 Å². The van der Waals surface area contributed by atoms with E-state index in [0.29, 0.717) is 26.4 Å². The molecular weight excluding hydrogens is 266 g/mol. The summed E-state index contributed by atoms with van der Waals surface area (Å²) in [5.41, 5.74) is 1.25. The van der Waals surface area contributed by atoms with Gasteiger partial charge in [0.25, 0.3) is 5.91 Å². The average molecular weight is 291 g/mol. The Labute approximate surface area is 126 Å². The van der Waals surface area contributed by atoms with E-state index in [9.17, 15) is 4.79 Å². The Morgan fingerprint density at radius 2 is 1.95 bits per heavy atom. The van der Waals surface area contributed by atoms with E-state index in [4.69, 9.17) is 9.47 Å². The van der Waals surface area contributed by atoms with Crippen molar-refractivity contribution in [3.63, 3.8) is 0 Å². The first kappa shape index (κ1) is 16.0. The van der Waals surface area contributed by atoms with Crippen molar-refractivity contribution in [3.8, 4) is 0 Å². The number of hydrogen-bond donors (Lipinski definition) is 1. The zero-order chi connectivity index (χ0) is 15.1. The fraction of sp³-hybridized carbons (Fsp3) is 0.588. The summed E-state index contributed by atoms with van der Waals surface area (Å²) >= 11 is 0. The number of benzene rings is 1. The number of nitrogens with one attached hydrogen (secondary N) is 1. The van der Waals surface area contributed by atoms with Crippen LogP contribution in [0.3, 0.4) is 0 Å². The molecule has 1 N–H and O–H groups in total. The van der Waals surface area contributed by atoms with Gasteiger partial charge in [0.05, 0.1) is 19.8 Å². The van der Waals surface area contributed by atoms with Gasteiger partial charge in [-0.25, -0.2) is 0 Å². The lowest BCUT2D eigenvalue weighted by molar-refractivity contribution is -0.147. The van der Waals surface area contributed by atoms with Crippen LogP contribution in [-0.4, -0.2) is 38.4 Å². The van der Waals surface area contributed by atoms with Crippen LogP contribution >= 0.6 is 0 Å². The maximum atomic E-state index is 12.2. The van der Waals surface area contributed by atoms with Crippen molar-refractivity contribution in [3.05, 3.63) is 35.9 Å². The Kier molecular flexibility index (Phi) is 5.76. The highest BCUT2D eigenvalue weighted by atomic mass is 16.6. The minimum absolute atomic E-state index is 0.0214. The van der Waals surface area contributed by atoms with Crippen molar-refractivity contribution in [2.24, 2.45) is 0 Å². The minimum atomic E-state index is -0.471. The molecule has 1 aromatic rings. The number of carbonyl (C=O) groups is 1. The molecule has 0 aliphatic carbocycles. The number of carbonyl (C=O) groups excluding carboxylic acids is 1. The number of ether oxygens (including phenoxy) is 2. The third kappa shape index (κ3) is 3.83. The van der Waals surface area contributed by atoms with Crippen LogP contribution in [0.1, 0.15) is 32.3 Å². The predicted octanol–water partition coefficient (Wildman–Crippen LogP) is 2.28. The first-order valence-corrected chi connectivity index (χ1v) is 7.74. The minimum Gasteiger partial charge on any atom is -0.376 e. The molecular formula is C17H25NO3. The van der Waals surface area contributed by atoms with Crippen LogP contribution in [0.4, 0.5) is 0 Å². The van der Waals surface area contributed by atoms with Gasteiger partial charge in [-0.3, -0.25) is 4.79 Å². The molecule has 1 aliphatic heterocycles. The van der Waals surface area contributed by atoms with E-state index < -0.39 is 6.10 Å². The second kappa shape index (κ2) is 7.57. The van der Waals surface area contributed by atoms with Crippen molar-refractivity contribution in [2.45, 2.75) is 38.2 Å². The molecule has 1 heterocycles. The molecule has 21 heavy (non-hydrogen) atoms. The summed E-state index contributed by atoms with van der Waals surface area (Å²) in [7, 11) is 0. The average Bonchev–Trinajstić information content (AvgIpc) is 2.58. The lowest BCUT2D eigenvalue weighted by atomic mass is 9.76. The van der Waals surface area contributed by atoms with Gasteiger partial charge in [-0.15, -0.1) is 0 Å². The largest absolute Gasteiger partial charge is 0.376 e. The van der Waals surface area contributed by atoms with E-state index in [-0.39, 0.29) is 11.3 Å². The second-order valence-electron chi connectivity index (χ2n) is 5.51. The smallest absolute Gasteiger partial charge is 0.251 e. The third-order valence-corrected chi connectivity index (χ3v) is 4.45. The number of hydrogen-bond acceptors (Lipinski definition) is 3. The van der Waals surface area contributed by atoms with Gasteiger partial charge < -0.3 is 14.8 Å². The van der Waals surface area contributed by atoms with E-state index in [1.54, 1.807) is 0 Å². The van der Waals surface area contributed by atoms with E-state index in [0.717, 1.165) is 12.8 Å². The topological polar surface area (TPSA) is 47.6 Å².